The highest BCUT2D eigenvalue weighted by Crippen LogP contribution is 2.36. The summed E-state index contributed by atoms with van der Waals surface area (Å²) in [5.41, 5.74) is 14.5. The van der Waals surface area contributed by atoms with E-state index in [-0.39, 0.29) is 12.8 Å². The van der Waals surface area contributed by atoms with Crippen molar-refractivity contribution in [3.63, 3.8) is 0 Å². The first-order valence-electron chi connectivity index (χ1n) is 14.9. The third-order valence-corrected chi connectivity index (χ3v) is 8.66. The number of carboxylic acids is 2. The minimum atomic E-state index is -0.877. The molecule has 2 aliphatic rings. The number of aliphatic carboxylic acids is 2. The SMILES string of the molecule is C=CC1=C(C)c2cc3nc(cc(C)c(CCC(=O)O)c(C)c(CC)cc4[nH]c(cc1n2)c(C)c4C=C)C(CCC(=O)O)=C3C. The number of aromatic amines is 1. The van der Waals surface area contributed by atoms with E-state index in [1.807, 2.05) is 58.0 Å². The highest BCUT2D eigenvalue weighted by atomic mass is 16.4. The molecule has 228 valence electrons. The number of hydrogen-bond donors (Lipinski definition) is 3. The van der Waals surface area contributed by atoms with Crippen LogP contribution in [-0.4, -0.2) is 37.1 Å². The molecule has 7 nitrogen and oxygen atoms in total. The predicted molar refractivity (Wildman–Crippen MR) is 180 cm³/mol. The van der Waals surface area contributed by atoms with Gasteiger partial charge in [0, 0.05) is 35.0 Å². The van der Waals surface area contributed by atoms with Gasteiger partial charge < -0.3 is 15.2 Å². The molecule has 2 aromatic heterocycles. The van der Waals surface area contributed by atoms with Gasteiger partial charge in [-0.1, -0.05) is 32.2 Å². The predicted octanol–water partition coefficient (Wildman–Crippen LogP) is 8.46. The fourth-order valence-electron chi connectivity index (χ4n) is 6.04. The van der Waals surface area contributed by atoms with Gasteiger partial charge in [0.15, 0.2) is 0 Å². The molecule has 0 fully saturated rings. The second-order valence-corrected chi connectivity index (χ2v) is 11.3. The Balaban J connectivity index is 2.24. The second-order valence-electron chi connectivity index (χ2n) is 11.3. The standard InChI is InChI=1S/C37H41N3O4/c1-9-25-17-34-26(10-2)22(6)32(39-34)19-35-27(11-3)23(7)30(40-35)18-31-24(8)29(13-15-37(43)44)33(38-31)16-20(4)28(21(25)5)12-14-36(41)42/h10-11,16-19,39H,2-3,9,12-15H2,1,4-8H3,(H,41,42)(H,43,44). The van der Waals surface area contributed by atoms with Gasteiger partial charge >= 0.3 is 11.9 Å². The van der Waals surface area contributed by atoms with Crippen molar-refractivity contribution >= 4 is 51.3 Å². The summed E-state index contributed by atoms with van der Waals surface area (Å²) in [5.74, 6) is -1.74. The third kappa shape index (κ3) is 6.42. The Morgan fingerprint density at radius 1 is 0.773 bits per heavy atom. The zero-order valence-electron chi connectivity index (χ0n) is 26.5. The average molecular weight is 592 g/mol. The maximum absolute atomic E-state index is 11.7. The van der Waals surface area contributed by atoms with Gasteiger partial charge in [-0.15, -0.1) is 0 Å². The van der Waals surface area contributed by atoms with Crippen molar-refractivity contribution in [1.29, 1.82) is 0 Å². The number of allylic oxidation sites excluding steroid dienone is 5. The van der Waals surface area contributed by atoms with Crippen LogP contribution in [0, 0.1) is 20.8 Å². The lowest BCUT2D eigenvalue weighted by atomic mass is 9.95. The van der Waals surface area contributed by atoms with Gasteiger partial charge in [0.25, 0.3) is 0 Å². The van der Waals surface area contributed by atoms with E-state index in [0.717, 1.165) is 90.2 Å². The highest BCUT2D eigenvalue weighted by molar-refractivity contribution is 5.98. The van der Waals surface area contributed by atoms with Crippen LogP contribution < -0.4 is 0 Å². The Bertz CT molecular complexity index is 1840. The van der Waals surface area contributed by atoms with Crippen LogP contribution in [0.3, 0.4) is 0 Å². The van der Waals surface area contributed by atoms with Gasteiger partial charge in [0.1, 0.15) is 0 Å². The smallest absolute Gasteiger partial charge is 0.303 e. The first-order chi connectivity index (χ1) is 20.9. The molecule has 0 spiro atoms. The number of hydrogen-bond acceptors (Lipinski definition) is 4. The largest absolute Gasteiger partial charge is 0.481 e. The monoisotopic (exact) mass is 591 g/mol. The Labute approximate surface area is 259 Å². The molecule has 0 saturated carbocycles. The van der Waals surface area contributed by atoms with E-state index in [9.17, 15) is 19.8 Å². The summed E-state index contributed by atoms with van der Waals surface area (Å²) >= 11 is 0. The number of aryl methyl sites for hydroxylation is 3. The fraction of sp³-hybridized carbons (Fsp3) is 0.297. The van der Waals surface area contributed by atoms with E-state index in [2.05, 4.69) is 38.1 Å². The molecule has 0 unspecified atom stereocenters. The summed E-state index contributed by atoms with van der Waals surface area (Å²) in [7, 11) is 0. The Kier molecular flexibility index (Phi) is 9.68. The van der Waals surface area contributed by atoms with E-state index in [0.29, 0.717) is 18.5 Å². The number of nitrogens with zero attached hydrogens (tertiary/aromatic N) is 2. The summed E-state index contributed by atoms with van der Waals surface area (Å²) in [4.78, 5) is 36.8. The lowest BCUT2D eigenvalue weighted by Gasteiger charge is -2.10. The van der Waals surface area contributed by atoms with E-state index >= 15 is 0 Å². The number of carbonyl (C=O) groups is 2. The Morgan fingerprint density at radius 2 is 1.41 bits per heavy atom. The van der Waals surface area contributed by atoms with Gasteiger partial charge in [-0.2, -0.15) is 0 Å². The molecule has 0 aromatic carbocycles. The summed E-state index contributed by atoms with van der Waals surface area (Å²) in [6.45, 7) is 20.3. The molecule has 0 radical (unpaired) electrons. The number of rotatable bonds is 9. The number of fused-ring (bicyclic) bond motifs is 6. The van der Waals surface area contributed by atoms with Gasteiger partial charge in [0.05, 0.1) is 22.8 Å². The quantitative estimate of drug-likeness (QED) is 0.269. The second kappa shape index (κ2) is 13.2. The topological polar surface area (TPSA) is 116 Å². The molecule has 0 saturated heterocycles. The van der Waals surface area contributed by atoms with Gasteiger partial charge in [0.2, 0.25) is 0 Å². The van der Waals surface area contributed by atoms with Crippen LogP contribution in [0.1, 0.15) is 96.2 Å². The van der Waals surface area contributed by atoms with Crippen molar-refractivity contribution in [3.8, 4) is 0 Å². The minimum Gasteiger partial charge on any atom is -0.481 e. The lowest BCUT2D eigenvalue weighted by molar-refractivity contribution is -0.137. The van der Waals surface area contributed by atoms with E-state index in [4.69, 9.17) is 9.97 Å². The molecule has 2 aromatic rings. The van der Waals surface area contributed by atoms with Gasteiger partial charge in [-0.3, -0.25) is 9.59 Å². The minimum absolute atomic E-state index is 0.0124. The first kappa shape index (κ1) is 32.1. The van der Waals surface area contributed by atoms with Gasteiger partial charge in [-0.25, -0.2) is 9.97 Å². The molecular formula is C37H41N3O4. The summed E-state index contributed by atoms with van der Waals surface area (Å²) in [6, 6.07) is 8.09. The molecule has 0 amide bonds. The maximum Gasteiger partial charge on any atom is 0.303 e. The first-order valence-corrected chi connectivity index (χ1v) is 14.9. The summed E-state index contributed by atoms with van der Waals surface area (Å²) < 4.78 is 0. The van der Waals surface area contributed by atoms with E-state index in [1.54, 1.807) is 0 Å². The van der Waals surface area contributed by atoms with Crippen LogP contribution in [0.15, 0.2) is 43.5 Å². The number of H-pyrrole nitrogens is 1. The van der Waals surface area contributed by atoms with Crippen molar-refractivity contribution in [2.24, 2.45) is 0 Å². The molecule has 3 N–H and O–H groups in total. The molecular weight excluding hydrogens is 550 g/mol. The molecule has 4 heterocycles. The van der Waals surface area contributed by atoms with Gasteiger partial charge in [-0.05, 0) is 123 Å². The zero-order chi connectivity index (χ0) is 32.3. The van der Waals surface area contributed by atoms with Crippen LogP contribution in [0.2, 0.25) is 0 Å². The maximum atomic E-state index is 11.7. The van der Waals surface area contributed by atoms with Crippen LogP contribution in [0.25, 0.3) is 39.4 Å². The molecule has 7 heteroatoms. The number of aromatic nitrogens is 3. The lowest BCUT2D eigenvalue weighted by Crippen LogP contribution is -2.02. The average Bonchev–Trinajstić information content (AvgIpc) is 3.54. The number of nitrogens with one attached hydrogen (secondary N) is 1. The molecule has 0 aliphatic carbocycles. The summed E-state index contributed by atoms with van der Waals surface area (Å²) in [6.07, 6.45) is 5.05. The van der Waals surface area contributed by atoms with Crippen LogP contribution in [-0.2, 0) is 22.4 Å². The molecule has 44 heavy (non-hydrogen) atoms. The molecule has 2 aliphatic heterocycles. The number of carboxylic acid groups (broad SMARTS) is 2. The summed E-state index contributed by atoms with van der Waals surface area (Å²) in [5, 5.41) is 19.1. The molecule has 0 atom stereocenters. The molecule has 6 bridgehead atoms. The highest BCUT2D eigenvalue weighted by Gasteiger charge is 2.21. The molecule has 4 rings (SSSR count). The van der Waals surface area contributed by atoms with Crippen molar-refractivity contribution in [2.45, 2.75) is 73.6 Å². The van der Waals surface area contributed by atoms with Crippen molar-refractivity contribution in [1.82, 2.24) is 15.0 Å². The normalized spacial score (nSPS) is 12.7. The fourth-order valence-corrected chi connectivity index (χ4v) is 6.04. The van der Waals surface area contributed by atoms with E-state index in [1.165, 1.54) is 0 Å². The Hall–Kier alpha value is -4.78. The zero-order valence-corrected chi connectivity index (χ0v) is 26.5. The van der Waals surface area contributed by atoms with Crippen molar-refractivity contribution in [2.75, 3.05) is 0 Å². The third-order valence-electron chi connectivity index (χ3n) is 8.66. The van der Waals surface area contributed by atoms with Crippen molar-refractivity contribution < 1.29 is 19.8 Å². The van der Waals surface area contributed by atoms with Crippen LogP contribution >= 0.6 is 0 Å². The van der Waals surface area contributed by atoms with Crippen LogP contribution in [0.5, 0.6) is 0 Å². The van der Waals surface area contributed by atoms with E-state index < -0.39 is 11.9 Å². The Morgan fingerprint density at radius 3 is 2.02 bits per heavy atom. The van der Waals surface area contributed by atoms with Crippen LogP contribution in [0.4, 0.5) is 0 Å². The van der Waals surface area contributed by atoms with Crippen molar-refractivity contribution in [3.05, 3.63) is 99.7 Å².